The summed E-state index contributed by atoms with van der Waals surface area (Å²) in [6.45, 7) is 10.8. The predicted molar refractivity (Wildman–Crippen MR) is 75.1 cm³/mol. The first-order chi connectivity index (χ1) is 7.57. The molecule has 0 aliphatic carbocycles. The fourth-order valence-corrected chi connectivity index (χ4v) is 4.86. The molecule has 1 atom stereocenters. The van der Waals surface area contributed by atoms with Crippen LogP contribution in [0, 0.1) is 5.92 Å². The molecule has 0 saturated heterocycles. The molecule has 16 heavy (non-hydrogen) atoms. The van der Waals surface area contributed by atoms with Crippen LogP contribution in [-0.4, -0.2) is 28.2 Å². The van der Waals surface area contributed by atoms with Gasteiger partial charge in [0, 0.05) is 0 Å². The molecule has 0 spiro atoms. The standard InChI is InChI=1S/C12H24O2S2/c1-6-12(15-8-3,16-9-4)10(5)11(13)14-7-2/h10H,6-9H2,1-5H3. The van der Waals surface area contributed by atoms with Crippen LogP contribution in [0.25, 0.3) is 0 Å². The Morgan fingerprint density at radius 2 is 1.69 bits per heavy atom. The lowest BCUT2D eigenvalue weighted by Crippen LogP contribution is -2.36. The topological polar surface area (TPSA) is 26.3 Å². The van der Waals surface area contributed by atoms with Crippen LogP contribution in [0.5, 0.6) is 0 Å². The lowest BCUT2D eigenvalue weighted by atomic mass is 10.1. The Hall–Kier alpha value is 0.170. The molecule has 0 rings (SSSR count). The lowest BCUT2D eigenvalue weighted by Gasteiger charge is -2.35. The molecule has 0 N–H and O–H groups in total. The monoisotopic (exact) mass is 264 g/mol. The van der Waals surface area contributed by atoms with E-state index >= 15 is 0 Å². The normalized spacial score (nSPS) is 13.6. The summed E-state index contributed by atoms with van der Waals surface area (Å²) in [5.74, 6) is 1.95. The highest BCUT2D eigenvalue weighted by Crippen LogP contribution is 2.46. The Morgan fingerprint density at radius 3 is 2.00 bits per heavy atom. The minimum atomic E-state index is -0.0637. The first kappa shape index (κ1) is 16.2. The van der Waals surface area contributed by atoms with Crippen LogP contribution in [-0.2, 0) is 9.53 Å². The number of rotatable bonds is 8. The van der Waals surface area contributed by atoms with E-state index in [1.165, 1.54) is 0 Å². The molecule has 0 heterocycles. The zero-order chi connectivity index (χ0) is 12.6. The van der Waals surface area contributed by atoms with E-state index in [2.05, 4.69) is 20.8 Å². The third-order valence-corrected chi connectivity index (χ3v) is 6.12. The quantitative estimate of drug-likeness (QED) is 0.492. The number of thioether (sulfide) groups is 2. The second kappa shape index (κ2) is 8.29. The van der Waals surface area contributed by atoms with Crippen molar-refractivity contribution in [1.82, 2.24) is 0 Å². The zero-order valence-electron chi connectivity index (χ0n) is 11.0. The predicted octanol–water partition coefficient (Wildman–Crippen LogP) is 3.80. The fraction of sp³-hybridized carbons (Fsp3) is 0.917. The molecular weight excluding hydrogens is 240 g/mol. The molecule has 2 nitrogen and oxygen atoms in total. The van der Waals surface area contributed by atoms with Gasteiger partial charge in [0.1, 0.15) is 0 Å². The van der Waals surface area contributed by atoms with E-state index in [0.29, 0.717) is 6.61 Å². The Balaban J connectivity index is 4.76. The van der Waals surface area contributed by atoms with E-state index in [4.69, 9.17) is 4.74 Å². The first-order valence-electron chi connectivity index (χ1n) is 6.02. The third kappa shape index (κ3) is 4.21. The van der Waals surface area contributed by atoms with E-state index in [9.17, 15) is 4.79 Å². The highest BCUT2D eigenvalue weighted by atomic mass is 32.2. The summed E-state index contributed by atoms with van der Waals surface area (Å²) in [7, 11) is 0. The zero-order valence-corrected chi connectivity index (χ0v) is 12.7. The van der Waals surface area contributed by atoms with Crippen molar-refractivity contribution in [2.45, 2.75) is 45.1 Å². The van der Waals surface area contributed by atoms with Crippen molar-refractivity contribution >= 4 is 29.5 Å². The van der Waals surface area contributed by atoms with Crippen LogP contribution in [0.4, 0.5) is 0 Å². The molecule has 1 unspecified atom stereocenters. The van der Waals surface area contributed by atoms with Gasteiger partial charge >= 0.3 is 5.97 Å². The van der Waals surface area contributed by atoms with Crippen molar-refractivity contribution in [1.29, 1.82) is 0 Å². The van der Waals surface area contributed by atoms with Crippen LogP contribution in [0.15, 0.2) is 0 Å². The van der Waals surface area contributed by atoms with Gasteiger partial charge < -0.3 is 4.74 Å². The maximum atomic E-state index is 11.8. The van der Waals surface area contributed by atoms with Crippen LogP contribution in [0.3, 0.4) is 0 Å². The van der Waals surface area contributed by atoms with Gasteiger partial charge in [-0.3, -0.25) is 4.79 Å². The number of carbonyl (C=O) groups excluding carboxylic acids is 1. The van der Waals surface area contributed by atoms with Crippen LogP contribution < -0.4 is 0 Å². The highest BCUT2D eigenvalue weighted by Gasteiger charge is 2.39. The Bertz CT molecular complexity index is 201. The Morgan fingerprint density at radius 1 is 1.19 bits per heavy atom. The fourth-order valence-electron chi connectivity index (χ4n) is 1.74. The average Bonchev–Trinajstić information content (AvgIpc) is 2.28. The second-order valence-corrected chi connectivity index (χ2v) is 6.95. The van der Waals surface area contributed by atoms with E-state index < -0.39 is 0 Å². The smallest absolute Gasteiger partial charge is 0.310 e. The highest BCUT2D eigenvalue weighted by molar-refractivity contribution is 8.18. The molecule has 96 valence electrons. The summed E-state index contributed by atoms with van der Waals surface area (Å²) in [5.41, 5.74) is 0. The molecule has 4 heteroatoms. The molecule has 0 saturated carbocycles. The number of ether oxygens (including phenoxy) is 1. The molecule has 0 bridgehead atoms. The van der Waals surface area contributed by atoms with Crippen LogP contribution in [0.2, 0.25) is 0 Å². The maximum Gasteiger partial charge on any atom is 0.310 e. The van der Waals surface area contributed by atoms with Crippen molar-refractivity contribution in [2.24, 2.45) is 5.92 Å². The third-order valence-electron chi connectivity index (χ3n) is 2.57. The van der Waals surface area contributed by atoms with Crippen molar-refractivity contribution in [2.75, 3.05) is 18.1 Å². The SMILES string of the molecule is CCOC(=O)C(C)C(CC)(SCC)SCC. The maximum absolute atomic E-state index is 11.8. The molecule has 0 amide bonds. The van der Waals surface area contributed by atoms with E-state index in [0.717, 1.165) is 17.9 Å². The number of esters is 1. The van der Waals surface area contributed by atoms with Crippen molar-refractivity contribution in [3.05, 3.63) is 0 Å². The van der Waals surface area contributed by atoms with Gasteiger partial charge in [0.25, 0.3) is 0 Å². The molecule has 0 radical (unpaired) electrons. The summed E-state index contributed by atoms with van der Waals surface area (Å²) in [5, 5.41) is 0. The van der Waals surface area contributed by atoms with E-state index in [1.807, 2.05) is 37.4 Å². The Labute approximate surface area is 108 Å². The van der Waals surface area contributed by atoms with Crippen molar-refractivity contribution in [3.8, 4) is 0 Å². The first-order valence-corrected chi connectivity index (χ1v) is 7.99. The molecule has 0 aliphatic rings. The summed E-state index contributed by atoms with van der Waals surface area (Å²) >= 11 is 3.75. The van der Waals surface area contributed by atoms with Gasteiger partial charge in [-0.1, -0.05) is 20.8 Å². The second-order valence-electron chi connectivity index (χ2n) is 3.51. The number of hydrogen-bond donors (Lipinski definition) is 0. The van der Waals surface area contributed by atoms with Crippen molar-refractivity contribution < 1.29 is 9.53 Å². The van der Waals surface area contributed by atoms with Gasteiger partial charge in [-0.25, -0.2) is 0 Å². The lowest BCUT2D eigenvalue weighted by molar-refractivity contribution is -0.147. The largest absolute Gasteiger partial charge is 0.466 e. The Kier molecular flexibility index (Phi) is 8.38. The van der Waals surface area contributed by atoms with E-state index in [1.54, 1.807) is 0 Å². The molecule has 0 aromatic heterocycles. The average molecular weight is 264 g/mol. The molecular formula is C12H24O2S2. The van der Waals surface area contributed by atoms with Gasteiger partial charge in [0.05, 0.1) is 16.6 Å². The minimum Gasteiger partial charge on any atom is -0.466 e. The van der Waals surface area contributed by atoms with E-state index in [-0.39, 0.29) is 16.0 Å². The minimum absolute atomic E-state index is 0.0181. The molecule has 0 aliphatic heterocycles. The number of hydrogen-bond acceptors (Lipinski definition) is 4. The van der Waals surface area contributed by atoms with Gasteiger partial charge in [0.15, 0.2) is 0 Å². The molecule has 0 aromatic carbocycles. The van der Waals surface area contributed by atoms with Gasteiger partial charge in [-0.05, 0) is 31.8 Å². The van der Waals surface area contributed by atoms with Crippen molar-refractivity contribution in [3.63, 3.8) is 0 Å². The van der Waals surface area contributed by atoms with Gasteiger partial charge in [0.2, 0.25) is 0 Å². The van der Waals surface area contributed by atoms with Gasteiger partial charge in [-0.2, -0.15) is 0 Å². The summed E-state index contributed by atoms with van der Waals surface area (Å²) in [4.78, 5) is 11.8. The molecule has 0 fully saturated rings. The van der Waals surface area contributed by atoms with Gasteiger partial charge in [-0.15, -0.1) is 23.5 Å². The van der Waals surface area contributed by atoms with Crippen LogP contribution in [0.1, 0.15) is 41.0 Å². The summed E-state index contributed by atoms with van der Waals surface area (Å²) < 4.78 is 5.12. The molecule has 0 aromatic rings. The summed E-state index contributed by atoms with van der Waals surface area (Å²) in [6.07, 6.45) is 0.990. The summed E-state index contributed by atoms with van der Waals surface area (Å²) in [6, 6.07) is 0. The van der Waals surface area contributed by atoms with Crippen LogP contribution >= 0.6 is 23.5 Å². The number of carbonyl (C=O) groups is 1.